The summed E-state index contributed by atoms with van der Waals surface area (Å²) in [5.74, 6) is 0.251. The van der Waals surface area contributed by atoms with Gasteiger partial charge < -0.3 is 15.8 Å². The smallest absolute Gasteiger partial charge is 0.323 e. The van der Waals surface area contributed by atoms with Crippen molar-refractivity contribution in [3.05, 3.63) is 0 Å². The lowest BCUT2D eigenvalue weighted by molar-refractivity contribution is -0.157. The van der Waals surface area contributed by atoms with Crippen molar-refractivity contribution in [1.29, 1.82) is 0 Å². The molecule has 0 saturated carbocycles. The van der Waals surface area contributed by atoms with E-state index in [1.54, 1.807) is 0 Å². The van der Waals surface area contributed by atoms with Crippen molar-refractivity contribution in [3.8, 4) is 0 Å². The van der Waals surface area contributed by atoms with Gasteiger partial charge in [-0.1, -0.05) is 0 Å². The maximum Gasteiger partial charge on any atom is 0.323 e. The van der Waals surface area contributed by atoms with Gasteiger partial charge >= 0.3 is 5.97 Å². The molecule has 1 aliphatic rings. The summed E-state index contributed by atoms with van der Waals surface area (Å²) < 4.78 is 5.27. The van der Waals surface area contributed by atoms with E-state index < -0.39 is 5.60 Å². The van der Waals surface area contributed by atoms with Gasteiger partial charge in [-0.05, 0) is 39.7 Å². The number of ether oxygens (including phenoxy) is 1. The van der Waals surface area contributed by atoms with E-state index >= 15 is 0 Å². The van der Waals surface area contributed by atoms with Gasteiger partial charge in [0.1, 0.15) is 11.6 Å². The van der Waals surface area contributed by atoms with Gasteiger partial charge in [0.2, 0.25) is 0 Å². The van der Waals surface area contributed by atoms with E-state index in [0.29, 0.717) is 12.5 Å². The summed E-state index contributed by atoms with van der Waals surface area (Å²) >= 11 is 0. The Bertz CT molecular complexity index is 211. The third-order valence-electron chi connectivity index (χ3n) is 2.25. The lowest BCUT2D eigenvalue weighted by Gasteiger charge is -2.22. The Hall–Kier alpha value is -0.610. The zero-order valence-electron chi connectivity index (χ0n) is 9.17. The number of esters is 1. The molecule has 1 saturated heterocycles. The van der Waals surface area contributed by atoms with E-state index in [2.05, 4.69) is 5.32 Å². The number of nitrogens with two attached hydrogens (primary N) is 1. The van der Waals surface area contributed by atoms with Crippen molar-refractivity contribution in [1.82, 2.24) is 5.32 Å². The van der Waals surface area contributed by atoms with Crippen molar-refractivity contribution in [2.75, 3.05) is 13.1 Å². The Kier molecular flexibility index (Phi) is 3.50. The lowest BCUT2D eigenvalue weighted by Crippen LogP contribution is -2.37. The standard InChI is InChI=1S/C10H20N2O2/c1-10(2,3)14-9(13)8-4-7(5-11)6-12-8/h7-8,12H,4-6,11H2,1-3H3. The van der Waals surface area contributed by atoms with E-state index in [-0.39, 0.29) is 12.0 Å². The van der Waals surface area contributed by atoms with Crippen LogP contribution in [0.25, 0.3) is 0 Å². The minimum Gasteiger partial charge on any atom is -0.459 e. The quantitative estimate of drug-likeness (QED) is 0.628. The fourth-order valence-corrected chi connectivity index (χ4v) is 1.54. The highest BCUT2D eigenvalue weighted by molar-refractivity contribution is 5.76. The van der Waals surface area contributed by atoms with Crippen LogP contribution < -0.4 is 11.1 Å². The van der Waals surface area contributed by atoms with Gasteiger partial charge in [-0.3, -0.25) is 4.79 Å². The Labute approximate surface area is 85.2 Å². The fourth-order valence-electron chi connectivity index (χ4n) is 1.54. The van der Waals surface area contributed by atoms with Gasteiger partial charge in [0.25, 0.3) is 0 Å². The van der Waals surface area contributed by atoms with Crippen molar-refractivity contribution >= 4 is 5.97 Å². The molecule has 0 amide bonds. The Morgan fingerprint density at radius 3 is 2.64 bits per heavy atom. The predicted molar refractivity (Wildman–Crippen MR) is 54.8 cm³/mol. The maximum atomic E-state index is 11.6. The molecule has 3 N–H and O–H groups in total. The summed E-state index contributed by atoms with van der Waals surface area (Å²) in [6.07, 6.45) is 0.797. The topological polar surface area (TPSA) is 64.3 Å². The largest absolute Gasteiger partial charge is 0.459 e. The van der Waals surface area contributed by atoms with Crippen LogP contribution in [-0.2, 0) is 9.53 Å². The van der Waals surface area contributed by atoms with Crippen LogP contribution in [0.1, 0.15) is 27.2 Å². The molecule has 0 aromatic carbocycles. The highest BCUT2D eigenvalue weighted by atomic mass is 16.6. The molecule has 2 unspecified atom stereocenters. The van der Waals surface area contributed by atoms with Crippen LogP contribution in [-0.4, -0.2) is 30.7 Å². The van der Waals surface area contributed by atoms with E-state index in [9.17, 15) is 4.79 Å². The van der Waals surface area contributed by atoms with Crippen molar-refractivity contribution < 1.29 is 9.53 Å². The maximum absolute atomic E-state index is 11.6. The summed E-state index contributed by atoms with van der Waals surface area (Å²) in [4.78, 5) is 11.6. The Balaban J connectivity index is 2.40. The van der Waals surface area contributed by atoms with Crippen molar-refractivity contribution in [2.45, 2.75) is 38.8 Å². The SMILES string of the molecule is CC(C)(C)OC(=O)C1CC(CN)CN1. The van der Waals surface area contributed by atoms with Crippen LogP contribution >= 0.6 is 0 Å². The van der Waals surface area contributed by atoms with Gasteiger partial charge in [-0.15, -0.1) is 0 Å². The number of carbonyl (C=O) groups excluding carboxylic acids is 1. The van der Waals surface area contributed by atoms with Crippen LogP contribution in [0.4, 0.5) is 0 Å². The van der Waals surface area contributed by atoms with Gasteiger partial charge in [0.15, 0.2) is 0 Å². The van der Waals surface area contributed by atoms with E-state index in [1.807, 2.05) is 20.8 Å². The summed E-state index contributed by atoms with van der Waals surface area (Å²) in [7, 11) is 0. The number of hydrogen-bond acceptors (Lipinski definition) is 4. The molecule has 4 heteroatoms. The molecule has 1 aliphatic heterocycles. The minimum atomic E-state index is -0.403. The molecule has 4 nitrogen and oxygen atoms in total. The molecule has 0 spiro atoms. The van der Waals surface area contributed by atoms with Crippen molar-refractivity contribution in [2.24, 2.45) is 11.7 Å². The Morgan fingerprint density at radius 2 is 2.21 bits per heavy atom. The number of nitrogens with one attached hydrogen (secondary N) is 1. The second-order valence-corrected chi connectivity index (χ2v) is 4.83. The molecule has 1 fully saturated rings. The first-order valence-corrected chi connectivity index (χ1v) is 5.08. The zero-order chi connectivity index (χ0) is 10.8. The number of rotatable bonds is 2. The molecule has 82 valence electrons. The second kappa shape index (κ2) is 4.28. The number of carbonyl (C=O) groups is 1. The average Bonchev–Trinajstić information content (AvgIpc) is 2.48. The number of hydrogen-bond donors (Lipinski definition) is 2. The van der Waals surface area contributed by atoms with Gasteiger partial charge in [-0.25, -0.2) is 0 Å². The first kappa shape index (κ1) is 11.5. The van der Waals surface area contributed by atoms with E-state index in [1.165, 1.54) is 0 Å². The third-order valence-corrected chi connectivity index (χ3v) is 2.25. The van der Waals surface area contributed by atoms with E-state index in [0.717, 1.165) is 13.0 Å². The first-order chi connectivity index (χ1) is 6.42. The molecule has 1 rings (SSSR count). The highest BCUT2D eigenvalue weighted by Gasteiger charge is 2.31. The molecule has 0 bridgehead atoms. The molecule has 2 atom stereocenters. The van der Waals surface area contributed by atoms with E-state index in [4.69, 9.17) is 10.5 Å². The van der Waals surface area contributed by atoms with Crippen molar-refractivity contribution in [3.63, 3.8) is 0 Å². The molecule has 1 heterocycles. The van der Waals surface area contributed by atoms with Crippen LogP contribution in [0.15, 0.2) is 0 Å². The average molecular weight is 200 g/mol. The molecular weight excluding hydrogens is 180 g/mol. The van der Waals surface area contributed by atoms with Crippen LogP contribution in [0.2, 0.25) is 0 Å². The molecule has 0 aliphatic carbocycles. The van der Waals surface area contributed by atoms with Gasteiger partial charge in [-0.2, -0.15) is 0 Å². The second-order valence-electron chi connectivity index (χ2n) is 4.83. The van der Waals surface area contributed by atoms with Crippen LogP contribution in [0, 0.1) is 5.92 Å². The predicted octanol–water partition coefficient (Wildman–Crippen LogP) is 0.265. The van der Waals surface area contributed by atoms with Crippen LogP contribution in [0.5, 0.6) is 0 Å². The van der Waals surface area contributed by atoms with Crippen LogP contribution in [0.3, 0.4) is 0 Å². The zero-order valence-corrected chi connectivity index (χ0v) is 9.17. The van der Waals surface area contributed by atoms with Gasteiger partial charge in [0, 0.05) is 6.54 Å². The summed E-state index contributed by atoms with van der Waals surface area (Å²) in [6, 6.07) is -0.164. The third kappa shape index (κ3) is 3.27. The molecule has 14 heavy (non-hydrogen) atoms. The monoisotopic (exact) mass is 200 g/mol. The summed E-state index contributed by atoms with van der Waals surface area (Å²) in [5, 5.41) is 3.13. The first-order valence-electron chi connectivity index (χ1n) is 5.08. The minimum absolute atomic E-state index is 0.159. The normalized spacial score (nSPS) is 27.7. The highest BCUT2D eigenvalue weighted by Crippen LogP contribution is 2.16. The summed E-state index contributed by atoms with van der Waals surface area (Å²) in [5.41, 5.74) is 5.13. The fraction of sp³-hybridized carbons (Fsp3) is 0.900. The summed E-state index contributed by atoms with van der Waals surface area (Å²) in [6.45, 7) is 7.08. The molecule has 0 aromatic heterocycles. The molecule has 0 radical (unpaired) electrons. The van der Waals surface area contributed by atoms with Gasteiger partial charge in [0.05, 0.1) is 0 Å². The lowest BCUT2D eigenvalue weighted by atomic mass is 10.1. The Morgan fingerprint density at radius 1 is 1.57 bits per heavy atom. The molecular formula is C10H20N2O2. The molecule has 0 aromatic rings.